The molecule has 154 valence electrons. The summed E-state index contributed by atoms with van der Waals surface area (Å²) < 4.78 is 7.57. The van der Waals surface area contributed by atoms with Crippen LogP contribution in [-0.4, -0.2) is 28.2 Å². The Hall–Kier alpha value is -4.31. The number of hydrogen-bond acceptors (Lipinski definition) is 4. The van der Waals surface area contributed by atoms with E-state index < -0.39 is 18.5 Å². The fraction of sp³-hybridized carbons (Fsp3) is 0.125. The van der Waals surface area contributed by atoms with Gasteiger partial charge >= 0.3 is 5.97 Å². The van der Waals surface area contributed by atoms with E-state index in [1.807, 2.05) is 34.9 Å². The first-order valence-corrected chi connectivity index (χ1v) is 9.67. The Morgan fingerprint density at radius 1 is 1.00 bits per heavy atom. The summed E-state index contributed by atoms with van der Waals surface area (Å²) in [6.07, 6.45) is 0.601. The van der Waals surface area contributed by atoms with Crippen LogP contribution in [0.4, 0.5) is 0 Å². The monoisotopic (exact) mass is 413 g/mol. The molecule has 0 aliphatic heterocycles. The number of carboxylic acid groups (broad SMARTS) is 1. The number of nitrogens with zero attached hydrogens (tertiary/aromatic N) is 2. The number of carbonyl (C=O) groups excluding carboxylic acids is 1. The third-order valence-electron chi connectivity index (χ3n) is 5.24. The summed E-state index contributed by atoms with van der Waals surface area (Å²) in [5.74, 6) is -1.30. The van der Waals surface area contributed by atoms with Gasteiger partial charge in [0.25, 0.3) is 0 Å². The van der Waals surface area contributed by atoms with E-state index in [9.17, 15) is 14.9 Å². The van der Waals surface area contributed by atoms with E-state index in [1.54, 1.807) is 30.3 Å². The number of carboxylic acids is 1. The van der Waals surface area contributed by atoms with Crippen LogP contribution in [0, 0.1) is 11.3 Å². The first kappa shape index (κ1) is 20.0. The highest BCUT2D eigenvalue weighted by Crippen LogP contribution is 2.37. The van der Waals surface area contributed by atoms with Gasteiger partial charge in [-0.05, 0) is 42.3 Å². The Bertz CT molecular complexity index is 1360. The summed E-state index contributed by atoms with van der Waals surface area (Å²) in [5.41, 5.74) is 9.09. The van der Waals surface area contributed by atoms with Crippen molar-refractivity contribution in [3.05, 3.63) is 77.4 Å². The smallest absolute Gasteiger partial charge is 0.341 e. The van der Waals surface area contributed by atoms with Gasteiger partial charge in [0.05, 0.1) is 28.1 Å². The highest BCUT2D eigenvalue weighted by molar-refractivity contribution is 6.19. The predicted molar refractivity (Wildman–Crippen MR) is 116 cm³/mol. The molecule has 0 bridgehead atoms. The maximum absolute atomic E-state index is 12.2. The molecular formula is C24H19N3O4. The van der Waals surface area contributed by atoms with E-state index in [1.165, 1.54) is 0 Å². The molecule has 31 heavy (non-hydrogen) atoms. The van der Waals surface area contributed by atoms with E-state index in [0.29, 0.717) is 40.6 Å². The standard InChI is InChI=1S/C24H19N3O4/c25-13-16-6-2-1-5-15(16)11-12-27-18-8-3-7-17(24(26)30)22(18)23-19(27)9-4-10-20(23)31-14-21(28)29/h1-10H,11-12,14H2,(H2,26,30)(H,28,29). The van der Waals surface area contributed by atoms with Crippen molar-refractivity contribution >= 4 is 33.7 Å². The fourth-order valence-electron chi connectivity index (χ4n) is 3.94. The van der Waals surface area contributed by atoms with Crippen LogP contribution in [0.15, 0.2) is 60.7 Å². The van der Waals surface area contributed by atoms with Crippen LogP contribution in [-0.2, 0) is 17.8 Å². The number of carbonyl (C=O) groups is 2. The molecule has 0 fully saturated rings. The molecule has 1 heterocycles. The molecule has 4 aromatic rings. The van der Waals surface area contributed by atoms with Gasteiger partial charge in [0.15, 0.2) is 6.61 Å². The molecule has 0 radical (unpaired) electrons. The number of aliphatic carboxylic acids is 1. The Balaban J connectivity index is 1.91. The van der Waals surface area contributed by atoms with Crippen LogP contribution in [0.2, 0.25) is 0 Å². The Kier molecular flexibility index (Phi) is 5.29. The number of benzene rings is 3. The molecule has 0 saturated heterocycles. The highest BCUT2D eigenvalue weighted by Gasteiger charge is 2.20. The van der Waals surface area contributed by atoms with Crippen molar-refractivity contribution in [1.82, 2.24) is 4.57 Å². The van der Waals surface area contributed by atoms with Gasteiger partial charge in [-0.25, -0.2) is 4.79 Å². The summed E-state index contributed by atoms with van der Waals surface area (Å²) in [7, 11) is 0. The summed E-state index contributed by atoms with van der Waals surface area (Å²) >= 11 is 0. The molecule has 0 unspecified atom stereocenters. The van der Waals surface area contributed by atoms with E-state index in [4.69, 9.17) is 15.6 Å². The van der Waals surface area contributed by atoms with Crippen LogP contribution in [0.1, 0.15) is 21.5 Å². The minimum Gasteiger partial charge on any atom is -0.481 e. The number of ether oxygens (including phenoxy) is 1. The number of hydrogen-bond donors (Lipinski definition) is 2. The lowest BCUT2D eigenvalue weighted by molar-refractivity contribution is -0.139. The molecule has 0 spiro atoms. The average Bonchev–Trinajstić information content (AvgIpc) is 3.10. The molecule has 4 rings (SSSR count). The summed E-state index contributed by atoms with van der Waals surface area (Å²) in [6.45, 7) is 0.0450. The molecule has 1 aromatic heterocycles. The van der Waals surface area contributed by atoms with Gasteiger partial charge in [0, 0.05) is 17.5 Å². The van der Waals surface area contributed by atoms with Gasteiger partial charge in [-0.3, -0.25) is 4.79 Å². The molecule has 3 N–H and O–H groups in total. The number of aromatic nitrogens is 1. The zero-order chi connectivity index (χ0) is 22.0. The van der Waals surface area contributed by atoms with Crippen molar-refractivity contribution in [2.45, 2.75) is 13.0 Å². The first-order valence-electron chi connectivity index (χ1n) is 9.67. The second kappa shape index (κ2) is 8.20. The van der Waals surface area contributed by atoms with Gasteiger partial charge < -0.3 is 20.1 Å². The van der Waals surface area contributed by atoms with Crippen LogP contribution >= 0.6 is 0 Å². The van der Waals surface area contributed by atoms with Gasteiger partial charge in [-0.15, -0.1) is 0 Å². The van der Waals surface area contributed by atoms with Gasteiger partial charge in [-0.2, -0.15) is 5.26 Å². The molecule has 7 heteroatoms. The fourth-order valence-corrected chi connectivity index (χ4v) is 3.94. The van der Waals surface area contributed by atoms with E-state index in [0.717, 1.165) is 16.6 Å². The predicted octanol–water partition coefficient (Wildman–Crippen LogP) is 3.47. The van der Waals surface area contributed by atoms with Crippen molar-refractivity contribution in [2.24, 2.45) is 5.73 Å². The number of primary amides is 1. The SMILES string of the molecule is N#Cc1ccccc1CCn1c2cccc(OCC(=O)O)c2c2c(C(N)=O)cccc21. The Morgan fingerprint density at radius 3 is 2.42 bits per heavy atom. The molecule has 3 aromatic carbocycles. The van der Waals surface area contributed by atoms with Crippen molar-refractivity contribution in [3.8, 4) is 11.8 Å². The number of nitriles is 1. The maximum Gasteiger partial charge on any atom is 0.341 e. The minimum atomic E-state index is -1.09. The molecule has 0 aliphatic rings. The molecule has 0 atom stereocenters. The summed E-state index contributed by atoms with van der Waals surface area (Å²) in [6, 6.07) is 20.3. The number of rotatable bonds is 7. The zero-order valence-electron chi connectivity index (χ0n) is 16.5. The average molecular weight is 413 g/mol. The van der Waals surface area contributed by atoms with Crippen molar-refractivity contribution in [2.75, 3.05) is 6.61 Å². The molecule has 7 nitrogen and oxygen atoms in total. The van der Waals surface area contributed by atoms with Gasteiger partial charge in [0.2, 0.25) is 5.91 Å². The van der Waals surface area contributed by atoms with Crippen molar-refractivity contribution < 1.29 is 19.4 Å². The largest absolute Gasteiger partial charge is 0.481 e. The number of aryl methyl sites for hydroxylation is 2. The zero-order valence-corrected chi connectivity index (χ0v) is 16.5. The van der Waals surface area contributed by atoms with Crippen LogP contribution in [0.25, 0.3) is 21.8 Å². The third kappa shape index (κ3) is 3.67. The van der Waals surface area contributed by atoms with Crippen molar-refractivity contribution in [3.63, 3.8) is 0 Å². The molecule has 1 amide bonds. The quantitative estimate of drug-likeness (QED) is 0.481. The molecular weight excluding hydrogens is 394 g/mol. The Morgan fingerprint density at radius 2 is 1.71 bits per heavy atom. The van der Waals surface area contributed by atoms with Gasteiger partial charge in [-0.1, -0.05) is 30.3 Å². The van der Waals surface area contributed by atoms with Gasteiger partial charge in [0.1, 0.15) is 5.75 Å². The second-order valence-corrected chi connectivity index (χ2v) is 7.07. The van der Waals surface area contributed by atoms with Crippen LogP contribution < -0.4 is 10.5 Å². The second-order valence-electron chi connectivity index (χ2n) is 7.07. The molecule has 0 saturated carbocycles. The number of fused-ring (bicyclic) bond motifs is 3. The Labute approximate surface area is 177 Å². The van der Waals surface area contributed by atoms with E-state index >= 15 is 0 Å². The summed E-state index contributed by atoms with van der Waals surface area (Å²) in [4.78, 5) is 23.2. The third-order valence-corrected chi connectivity index (χ3v) is 5.24. The lowest BCUT2D eigenvalue weighted by atomic mass is 10.1. The lowest BCUT2D eigenvalue weighted by Crippen LogP contribution is -2.11. The molecule has 0 aliphatic carbocycles. The number of nitrogens with two attached hydrogens (primary N) is 1. The first-order chi connectivity index (χ1) is 15.0. The summed E-state index contributed by atoms with van der Waals surface area (Å²) in [5, 5.41) is 19.7. The van der Waals surface area contributed by atoms with E-state index in [2.05, 4.69) is 6.07 Å². The lowest BCUT2D eigenvalue weighted by Gasteiger charge is -2.09. The normalized spacial score (nSPS) is 10.8. The van der Waals surface area contributed by atoms with Crippen LogP contribution in [0.3, 0.4) is 0 Å². The minimum absolute atomic E-state index is 0.338. The van der Waals surface area contributed by atoms with Crippen molar-refractivity contribution in [1.29, 1.82) is 5.26 Å². The topological polar surface area (TPSA) is 118 Å². The van der Waals surface area contributed by atoms with Crippen LogP contribution in [0.5, 0.6) is 5.75 Å². The number of amides is 1. The van der Waals surface area contributed by atoms with E-state index in [-0.39, 0.29) is 0 Å². The highest BCUT2D eigenvalue weighted by atomic mass is 16.5. The maximum atomic E-state index is 12.2.